The summed E-state index contributed by atoms with van der Waals surface area (Å²) in [5, 5.41) is 2.03. The molecule has 0 fully saturated rings. The van der Waals surface area contributed by atoms with Crippen LogP contribution < -0.4 is 14.2 Å². The van der Waals surface area contributed by atoms with E-state index in [1.54, 1.807) is 31.4 Å². The van der Waals surface area contributed by atoms with Crippen molar-refractivity contribution in [3.8, 4) is 17.2 Å². The molecule has 0 heterocycles. The van der Waals surface area contributed by atoms with E-state index < -0.39 is 5.97 Å². The maximum atomic E-state index is 11.9. The predicted molar refractivity (Wildman–Crippen MR) is 88.1 cm³/mol. The summed E-state index contributed by atoms with van der Waals surface area (Å²) in [7, 11) is 1.58. The summed E-state index contributed by atoms with van der Waals surface area (Å²) in [6, 6.07) is 20.4. The van der Waals surface area contributed by atoms with E-state index in [9.17, 15) is 4.79 Å². The summed E-state index contributed by atoms with van der Waals surface area (Å²) in [4.78, 5) is 11.9. The molecule has 116 valence electrons. The zero-order valence-corrected chi connectivity index (χ0v) is 12.7. The molecular weight excluding hydrogens is 292 g/mol. The van der Waals surface area contributed by atoms with E-state index in [1.165, 1.54) is 0 Å². The molecule has 3 aromatic carbocycles. The Balaban J connectivity index is 1.63. The fourth-order valence-corrected chi connectivity index (χ4v) is 2.26. The number of benzene rings is 3. The highest BCUT2D eigenvalue weighted by molar-refractivity contribution is 5.88. The molecule has 3 aromatic rings. The van der Waals surface area contributed by atoms with Crippen LogP contribution in [0.5, 0.6) is 17.2 Å². The summed E-state index contributed by atoms with van der Waals surface area (Å²) >= 11 is 0. The van der Waals surface area contributed by atoms with Gasteiger partial charge in [-0.1, -0.05) is 36.4 Å². The Morgan fingerprint density at radius 3 is 2.35 bits per heavy atom. The van der Waals surface area contributed by atoms with Gasteiger partial charge in [0.2, 0.25) is 0 Å². The van der Waals surface area contributed by atoms with Gasteiger partial charge in [-0.05, 0) is 35.7 Å². The first-order valence-corrected chi connectivity index (χ1v) is 7.21. The van der Waals surface area contributed by atoms with Crippen molar-refractivity contribution in [3.05, 3.63) is 66.7 Å². The number of rotatable bonds is 5. The quantitative estimate of drug-likeness (QED) is 0.531. The van der Waals surface area contributed by atoms with Crippen LogP contribution in [0, 0.1) is 0 Å². The fourth-order valence-electron chi connectivity index (χ4n) is 2.26. The molecule has 0 amide bonds. The first-order chi connectivity index (χ1) is 11.3. The molecule has 0 aliphatic heterocycles. The maximum absolute atomic E-state index is 11.9. The number of esters is 1. The lowest BCUT2D eigenvalue weighted by molar-refractivity contribution is -0.136. The van der Waals surface area contributed by atoms with Gasteiger partial charge in [-0.15, -0.1) is 0 Å². The maximum Gasteiger partial charge on any atom is 0.349 e. The van der Waals surface area contributed by atoms with Gasteiger partial charge in [-0.2, -0.15) is 0 Å². The van der Waals surface area contributed by atoms with Crippen molar-refractivity contribution in [3.63, 3.8) is 0 Å². The van der Waals surface area contributed by atoms with Crippen LogP contribution in [0.15, 0.2) is 66.7 Å². The summed E-state index contributed by atoms with van der Waals surface area (Å²) < 4.78 is 15.9. The predicted octanol–water partition coefficient (Wildman–Crippen LogP) is 3.83. The topological polar surface area (TPSA) is 44.8 Å². The van der Waals surface area contributed by atoms with E-state index >= 15 is 0 Å². The third-order valence-corrected chi connectivity index (χ3v) is 3.39. The third-order valence-electron chi connectivity index (χ3n) is 3.39. The lowest BCUT2D eigenvalue weighted by Crippen LogP contribution is -2.17. The van der Waals surface area contributed by atoms with Gasteiger partial charge in [-0.3, -0.25) is 0 Å². The molecule has 0 N–H and O–H groups in total. The minimum absolute atomic E-state index is 0.153. The number of fused-ring (bicyclic) bond motifs is 1. The van der Waals surface area contributed by atoms with Crippen LogP contribution in [-0.4, -0.2) is 19.7 Å². The Hall–Kier alpha value is -3.01. The van der Waals surface area contributed by atoms with Gasteiger partial charge < -0.3 is 14.2 Å². The number of ether oxygens (including phenoxy) is 3. The molecule has 0 unspecified atom stereocenters. The number of carbonyl (C=O) groups excluding carboxylic acids is 1. The Morgan fingerprint density at radius 1 is 0.870 bits per heavy atom. The van der Waals surface area contributed by atoms with E-state index in [-0.39, 0.29) is 6.61 Å². The van der Waals surface area contributed by atoms with Gasteiger partial charge in [0, 0.05) is 5.39 Å². The number of hydrogen-bond donors (Lipinski definition) is 0. The second-order valence-electron chi connectivity index (χ2n) is 4.92. The van der Waals surface area contributed by atoms with Crippen LogP contribution in [0.4, 0.5) is 0 Å². The molecule has 3 rings (SSSR count). The highest BCUT2D eigenvalue weighted by Crippen LogP contribution is 2.25. The van der Waals surface area contributed by atoms with Crippen molar-refractivity contribution in [1.29, 1.82) is 0 Å². The molecule has 0 aliphatic rings. The molecule has 0 aliphatic carbocycles. The molecule has 0 atom stereocenters. The van der Waals surface area contributed by atoms with Crippen molar-refractivity contribution in [2.24, 2.45) is 0 Å². The van der Waals surface area contributed by atoms with Gasteiger partial charge in [0.25, 0.3) is 0 Å². The van der Waals surface area contributed by atoms with Crippen LogP contribution in [0.2, 0.25) is 0 Å². The zero-order chi connectivity index (χ0) is 16.1. The smallest absolute Gasteiger partial charge is 0.349 e. The van der Waals surface area contributed by atoms with Crippen molar-refractivity contribution in [2.75, 3.05) is 13.7 Å². The number of carbonyl (C=O) groups is 1. The van der Waals surface area contributed by atoms with Crippen LogP contribution in [0.1, 0.15) is 0 Å². The van der Waals surface area contributed by atoms with E-state index in [0.717, 1.165) is 10.8 Å². The third kappa shape index (κ3) is 3.61. The van der Waals surface area contributed by atoms with E-state index in [1.807, 2.05) is 42.5 Å². The van der Waals surface area contributed by atoms with E-state index in [2.05, 4.69) is 0 Å². The van der Waals surface area contributed by atoms with Crippen LogP contribution in [0.25, 0.3) is 10.8 Å². The summed E-state index contributed by atoms with van der Waals surface area (Å²) in [5.74, 6) is 1.37. The molecule has 4 nitrogen and oxygen atoms in total. The zero-order valence-electron chi connectivity index (χ0n) is 12.7. The molecule has 0 saturated carbocycles. The van der Waals surface area contributed by atoms with Crippen molar-refractivity contribution < 1.29 is 19.0 Å². The SMILES string of the molecule is COc1ccc(OC(=O)COc2cccc3ccccc23)cc1. The minimum atomic E-state index is -0.455. The Labute approximate surface area is 134 Å². The normalized spacial score (nSPS) is 10.3. The number of hydrogen-bond acceptors (Lipinski definition) is 4. The minimum Gasteiger partial charge on any atom is -0.497 e. The van der Waals surface area contributed by atoms with Crippen molar-refractivity contribution in [1.82, 2.24) is 0 Å². The molecule has 0 saturated heterocycles. The molecule has 0 spiro atoms. The van der Waals surface area contributed by atoms with Crippen LogP contribution in [0.3, 0.4) is 0 Å². The van der Waals surface area contributed by atoms with Crippen LogP contribution in [-0.2, 0) is 4.79 Å². The van der Waals surface area contributed by atoms with Crippen molar-refractivity contribution >= 4 is 16.7 Å². The van der Waals surface area contributed by atoms with Gasteiger partial charge >= 0.3 is 5.97 Å². The largest absolute Gasteiger partial charge is 0.497 e. The molecule has 0 aromatic heterocycles. The lowest BCUT2D eigenvalue weighted by Gasteiger charge is -2.09. The second kappa shape index (κ2) is 6.83. The Kier molecular flexibility index (Phi) is 4.43. The van der Waals surface area contributed by atoms with Crippen LogP contribution >= 0.6 is 0 Å². The Morgan fingerprint density at radius 2 is 1.57 bits per heavy atom. The number of methoxy groups -OCH3 is 1. The Bertz CT molecular complexity index is 804. The highest BCUT2D eigenvalue weighted by atomic mass is 16.6. The molecule has 0 bridgehead atoms. The average molecular weight is 308 g/mol. The van der Waals surface area contributed by atoms with Gasteiger partial charge in [0.05, 0.1) is 7.11 Å². The second-order valence-corrected chi connectivity index (χ2v) is 4.92. The van der Waals surface area contributed by atoms with E-state index in [0.29, 0.717) is 17.2 Å². The molecule has 0 radical (unpaired) electrons. The monoisotopic (exact) mass is 308 g/mol. The molecular formula is C19H16O4. The average Bonchev–Trinajstić information content (AvgIpc) is 2.60. The summed E-state index contributed by atoms with van der Waals surface area (Å²) in [5.41, 5.74) is 0. The van der Waals surface area contributed by atoms with E-state index in [4.69, 9.17) is 14.2 Å². The summed E-state index contributed by atoms with van der Waals surface area (Å²) in [6.07, 6.45) is 0. The lowest BCUT2D eigenvalue weighted by atomic mass is 10.1. The van der Waals surface area contributed by atoms with Gasteiger partial charge in [0.1, 0.15) is 17.2 Å². The first-order valence-electron chi connectivity index (χ1n) is 7.21. The fraction of sp³-hybridized carbons (Fsp3) is 0.105. The molecule has 4 heteroatoms. The highest BCUT2D eigenvalue weighted by Gasteiger charge is 2.08. The summed E-state index contributed by atoms with van der Waals surface area (Å²) in [6.45, 7) is -0.153. The standard InChI is InChI=1S/C19H16O4/c1-21-15-9-11-16(12-10-15)23-19(20)13-22-18-8-4-6-14-5-2-3-7-17(14)18/h2-12H,13H2,1H3. The molecule has 23 heavy (non-hydrogen) atoms. The van der Waals surface area contributed by atoms with Crippen molar-refractivity contribution in [2.45, 2.75) is 0 Å². The van der Waals surface area contributed by atoms with Gasteiger partial charge in [-0.25, -0.2) is 4.79 Å². The first kappa shape index (κ1) is 14.9. The van der Waals surface area contributed by atoms with Gasteiger partial charge in [0.15, 0.2) is 6.61 Å².